The van der Waals surface area contributed by atoms with Crippen LogP contribution >= 0.6 is 0 Å². The number of hydrogen-bond acceptors (Lipinski definition) is 4. The molecule has 0 bridgehead atoms. The van der Waals surface area contributed by atoms with E-state index in [1.54, 1.807) is 0 Å². The van der Waals surface area contributed by atoms with Gasteiger partial charge in [0.2, 0.25) is 0 Å². The molecule has 0 N–H and O–H groups in total. The van der Waals surface area contributed by atoms with Crippen molar-refractivity contribution in [1.29, 1.82) is 0 Å². The van der Waals surface area contributed by atoms with Crippen molar-refractivity contribution in [1.82, 2.24) is 4.90 Å². The van der Waals surface area contributed by atoms with Crippen molar-refractivity contribution in [2.24, 2.45) is 11.3 Å². The van der Waals surface area contributed by atoms with Gasteiger partial charge in [-0.05, 0) is 19.5 Å². The first-order valence-corrected chi connectivity index (χ1v) is 7.57. The summed E-state index contributed by atoms with van der Waals surface area (Å²) < 4.78 is 19.8. The van der Waals surface area contributed by atoms with E-state index in [2.05, 4.69) is 13.8 Å². The van der Waals surface area contributed by atoms with Gasteiger partial charge in [-0.1, -0.05) is 19.9 Å². The molecular weight excluding hydrogens is 287 g/mol. The molecule has 6 heteroatoms. The fourth-order valence-electron chi connectivity index (χ4n) is 4.42. The molecule has 0 aromatic heterocycles. The molecule has 0 spiro atoms. The first-order chi connectivity index (χ1) is 10.3. The maximum absolute atomic E-state index is 14.1. The van der Waals surface area contributed by atoms with Gasteiger partial charge in [-0.15, -0.1) is 0 Å². The third-order valence-corrected chi connectivity index (χ3v) is 5.21. The predicted molar refractivity (Wildman–Crippen MR) is 79.9 cm³/mol. The lowest BCUT2D eigenvalue weighted by Gasteiger charge is -2.58. The molecule has 1 aromatic carbocycles. The van der Waals surface area contributed by atoms with Crippen LogP contribution in [0.25, 0.3) is 0 Å². The van der Waals surface area contributed by atoms with Gasteiger partial charge in [-0.2, -0.15) is 0 Å². The molecule has 0 unspecified atom stereocenters. The molecule has 0 radical (unpaired) electrons. The maximum atomic E-state index is 14.1. The van der Waals surface area contributed by atoms with Crippen LogP contribution in [0.4, 0.5) is 10.1 Å². The van der Waals surface area contributed by atoms with E-state index in [4.69, 9.17) is 4.74 Å². The van der Waals surface area contributed by atoms with Gasteiger partial charge >= 0.3 is 0 Å². The quantitative estimate of drug-likeness (QED) is 0.634. The number of halogens is 1. The van der Waals surface area contributed by atoms with Crippen molar-refractivity contribution in [3.63, 3.8) is 0 Å². The number of nitro groups is 1. The van der Waals surface area contributed by atoms with Crippen molar-refractivity contribution in [2.45, 2.75) is 39.0 Å². The lowest BCUT2D eigenvalue weighted by molar-refractivity contribution is -0.386. The second kappa shape index (κ2) is 5.28. The number of nitrogens with zero attached hydrogens (tertiary/aromatic N) is 2. The standard InChI is InChI=1S/C16H21FN2O3/c1-16(2)14(10-7-8-22-15(10)16)18(3)9-11-12(17)5-4-6-13(11)19(20)21/h4-6,10,14-15H,7-9H2,1-3H3/t10-,14-,15-/m1/s1. The lowest BCUT2D eigenvalue weighted by atomic mass is 9.57. The molecule has 1 heterocycles. The summed E-state index contributed by atoms with van der Waals surface area (Å²) in [7, 11) is 1.91. The second-order valence-corrected chi connectivity index (χ2v) is 6.92. The Hall–Kier alpha value is -1.53. The number of benzene rings is 1. The van der Waals surface area contributed by atoms with Crippen molar-refractivity contribution < 1.29 is 14.1 Å². The van der Waals surface area contributed by atoms with Crippen LogP contribution in [-0.4, -0.2) is 35.6 Å². The van der Waals surface area contributed by atoms with E-state index >= 15 is 0 Å². The van der Waals surface area contributed by atoms with Crippen molar-refractivity contribution in [3.05, 3.63) is 39.7 Å². The molecule has 1 aromatic rings. The highest BCUT2D eigenvalue weighted by molar-refractivity contribution is 5.41. The van der Waals surface area contributed by atoms with Crippen LogP contribution in [0.2, 0.25) is 0 Å². The first-order valence-electron chi connectivity index (χ1n) is 7.57. The highest BCUT2D eigenvalue weighted by Crippen LogP contribution is 2.54. The van der Waals surface area contributed by atoms with E-state index in [1.807, 2.05) is 11.9 Å². The third kappa shape index (κ3) is 2.21. The molecule has 1 aliphatic carbocycles. The summed E-state index contributed by atoms with van der Waals surface area (Å²) in [4.78, 5) is 12.6. The fourth-order valence-corrected chi connectivity index (χ4v) is 4.42. The van der Waals surface area contributed by atoms with Gasteiger partial charge in [0.25, 0.3) is 5.69 Å². The summed E-state index contributed by atoms with van der Waals surface area (Å²) in [6, 6.07) is 4.27. The van der Waals surface area contributed by atoms with Crippen LogP contribution in [0.15, 0.2) is 18.2 Å². The van der Waals surface area contributed by atoms with E-state index in [1.165, 1.54) is 18.2 Å². The van der Waals surface area contributed by atoms with Gasteiger partial charge < -0.3 is 4.74 Å². The van der Waals surface area contributed by atoms with Gasteiger partial charge in [0, 0.05) is 36.6 Å². The summed E-state index contributed by atoms with van der Waals surface area (Å²) in [6.07, 6.45) is 1.25. The molecule has 2 fully saturated rings. The monoisotopic (exact) mass is 308 g/mol. The van der Waals surface area contributed by atoms with Crippen LogP contribution in [0.1, 0.15) is 25.8 Å². The summed E-state index contributed by atoms with van der Waals surface area (Å²) in [5.41, 5.74) is -0.00738. The fraction of sp³-hybridized carbons (Fsp3) is 0.625. The van der Waals surface area contributed by atoms with E-state index in [0.29, 0.717) is 5.92 Å². The second-order valence-electron chi connectivity index (χ2n) is 6.92. The van der Waals surface area contributed by atoms with Gasteiger partial charge in [0.1, 0.15) is 5.82 Å². The highest BCUT2D eigenvalue weighted by Gasteiger charge is 2.60. The van der Waals surface area contributed by atoms with Gasteiger partial charge in [-0.3, -0.25) is 15.0 Å². The molecular formula is C16H21FN2O3. The summed E-state index contributed by atoms with van der Waals surface area (Å²) in [6.45, 7) is 5.30. The van der Waals surface area contributed by atoms with Gasteiger partial charge in [-0.25, -0.2) is 4.39 Å². The Morgan fingerprint density at radius 2 is 2.23 bits per heavy atom. The third-order valence-electron chi connectivity index (χ3n) is 5.21. The first kappa shape index (κ1) is 15.4. The van der Waals surface area contributed by atoms with Crippen molar-refractivity contribution >= 4 is 5.69 Å². The number of nitro benzene ring substituents is 1. The maximum Gasteiger partial charge on any atom is 0.276 e. The van der Waals surface area contributed by atoms with Crippen LogP contribution in [-0.2, 0) is 11.3 Å². The topological polar surface area (TPSA) is 55.6 Å². The zero-order chi connectivity index (χ0) is 16.1. The highest BCUT2D eigenvalue weighted by atomic mass is 19.1. The van der Waals surface area contributed by atoms with Gasteiger partial charge in [0.15, 0.2) is 0 Å². The average molecular weight is 308 g/mol. The molecule has 1 saturated carbocycles. The number of rotatable bonds is 4. The normalized spacial score (nSPS) is 29.2. The van der Waals surface area contributed by atoms with E-state index < -0.39 is 10.7 Å². The molecule has 5 nitrogen and oxygen atoms in total. The Morgan fingerprint density at radius 1 is 1.50 bits per heavy atom. The van der Waals surface area contributed by atoms with Gasteiger partial charge in [0.05, 0.1) is 16.6 Å². The van der Waals surface area contributed by atoms with Crippen LogP contribution in [0, 0.1) is 27.3 Å². The average Bonchev–Trinajstić information content (AvgIpc) is 2.86. The molecule has 0 amide bonds. The van der Waals surface area contributed by atoms with Crippen LogP contribution in [0.5, 0.6) is 0 Å². The zero-order valence-corrected chi connectivity index (χ0v) is 13.1. The largest absolute Gasteiger partial charge is 0.377 e. The molecule has 3 rings (SSSR count). The summed E-state index contributed by atoms with van der Waals surface area (Å²) in [5, 5.41) is 11.1. The minimum atomic E-state index is -0.516. The smallest absolute Gasteiger partial charge is 0.276 e. The molecule has 120 valence electrons. The Kier molecular flexibility index (Phi) is 3.69. The van der Waals surface area contributed by atoms with E-state index in [9.17, 15) is 14.5 Å². The lowest BCUT2D eigenvalue weighted by Crippen LogP contribution is -2.65. The van der Waals surface area contributed by atoms with Crippen molar-refractivity contribution in [3.8, 4) is 0 Å². The minimum Gasteiger partial charge on any atom is -0.377 e. The van der Waals surface area contributed by atoms with E-state index in [-0.39, 0.29) is 35.4 Å². The molecule has 1 aliphatic heterocycles. The zero-order valence-electron chi connectivity index (χ0n) is 13.1. The summed E-state index contributed by atoms with van der Waals surface area (Å²) >= 11 is 0. The van der Waals surface area contributed by atoms with E-state index in [0.717, 1.165) is 13.0 Å². The summed E-state index contributed by atoms with van der Waals surface area (Å²) in [5.74, 6) is -0.0803. The SMILES string of the molecule is CN(Cc1c(F)cccc1[N+](=O)[O-])[C@@H]1[C@H]2CCO[C@H]2C1(C)C. The predicted octanol–water partition coefficient (Wildman–Crippen LogP) is 2.98. The van der Waals surface area contributed by atoms with Crippen LogP contribution in [0.3, 0.4) is 0 Å². The Labute approximate surface area is 129 Å². The molecule has 2 aliphatic rings. The Balaban J connectivity index is 1.84. The number of ether oxygens (including phenoxy) is 1. The van der Waals surface area contributed by atoms with Crippen LogP contribution < -0.4 is 0 Å². The minimum absolute atomic E-state index is 0.0179. The molecule has 3 atom stereocenters. The Morgan fingerprint density at radius 3 is 2.91 bits per heavy atom. The Bertz CT molecular complexity index is 605. The molecule has 22 heavy (non-hydrogen) atoms. The number of fused-ring (bicyclic) bond motifs is 1. The number of hydrogen-bond donors (Lipinski definition) is 0. The van der Waals surface area contributed by atoms with Crippen molar-refractivity contribution in [2.75, 3.05) is 13.7 Å². The molecule has 1 saturated heterocycles.